The van der Waals surface area contributed by atoms with Gasteiger partial charge in [0.1, 0.15) is 5.01 Å². The van der Waals surface area contributed by atoms with Gasteiger partial charge in [-0.25, -0.2) is 13.4 Å². The fourth-order valence-electron chi connectivity index (χ4n) is 3.80. The lowest BCUT2D eigenvalue weighted by Crippen LogP contribution is -2.42. The van der Waals surface area contributed by atoms with E-state index in [1.165, 1.54) is 11.3 Å². The molecular weight excluding hydrogens is 390 g/mol. The second-order valence-electron chi connectivity index (χ2n) is 7.58. The third-order valence-electron chi connectivity index (χ3n) is 5.02. The first-order valence-electron chi connectivity index (χ1n) is 9.40. The third-order valence-corrected chi connectivity index (χ3v) is 7.73. The van der Waals surface area contributed by atoms with E-state index in [1.807, 2.05) is 23.6 Å². The number of sulfonamides is 1. The van der Waals surface area contributed by atoms with Crippen LogP contribution in [0.2, 0.25) is 0 Å². The Hall–Kier alpha value is -2.09. The smallest absolute Gasteiger partial charge is 0.243 e. The van der Waals surface area contributed by atoms with Gasteiger partial charge in [0.25, 0.3) is 0 Å². The van der Waals surface area contributed by atoms with Gasteiger partial charge < -0.3 is 0 Å². The van der Waals surface area contributed by atoms with Gasteiger partial charge in [0.2, 0.25) is 10.0 Å². The van der Waals surface area contributed by atoms with E-state index in [4.69, 9.17) is 0 Å². The molecule has 1 fully saturated rings. The molecule has 0 unspecified atom stereocenters. The molecule has 0 saturated carbocycles. The Balaban J connectivity index is 1.64. The van der Waals surface area contributed by atoms with Crippen molar-refractivity contribution >= 4 is 21.4 Å². The van der Waals surface area contributed by atoms with Gasteiger partial charge >= 0.3 is 0 Å². The molecule has 3 aromatic rings. The number of nitrogens with zero attached hydrogens (tertiary/aromatic N) is 3. The van der Waals surface area contributed by atoms with Crippen LogP contribution in [0.4, 0.5) is 0 Å². The predicted octanol–water partition coefficient (Wildman–Crippen LogP) is 4.54. The van der Waals surface area contributed by atoms with E-state index in [2.05, 4.69) is 23.8 Å². The summed E-state index contributed by atoms with van der Waals surface area (Å²) >= 11 is 1.53. The van der Waals surface area contributed by atoms with E-state index >= 15 is 0 Å². The van der Waals surface area contributed by atoms with Crippen molar-refractivity contribution in [3.63, 3.8) is 0 Å². The number of benzene rings is 1. The molecule has 1 saturated heterocycles. The molecule has 7 heteroatoms. The minimum atomic E-state index is -3.50. The van der Waals surface area contributed by atoms with Gasteiger partial charge in [0.15, 0.2) is 0 Å². The topological polar surface area (TPSA) is 63.2 Å². The van der Waals surface area contributed by atoms with Crippen LogP contribution in [-0.4, -0.2) is 35.8 Å². The van der Waals surface area contributed by atoms with Crippen LogP contribution in [0.5, 0.6) is 0 Å². The van der Waals surface area contributed by atoms with Gasteiger partial charge in [-0.05, 0) is 42.5 Å². The molecule has 1 aliphatic rings. The molecule has 0 N–H and O–H groups in total. The first-order chi connectivity index (χ1) is 13.4. The maximum absolute atomic E-state index is 13.2. The van der Waals surface area contributed by atoms with Gasteiger partial charge in [0.05, 0.1) is 10.6 Å². The highest BCUT2D eigenvalue weighted by Gasteiger charge is 2.31. The molecule has 0 bridgehead atoms. The number of piperidine rings is 1. The van der Waals surface area contributed by atoms with E-state index in [1.54, 1.807) is 34.9 Å². The van der Waals surface area contributed by atoms with Gasteiger partial charge in [0, 0.05) is 42.0 Å². The summed E-state index contributed by atoms with van der Waals surface area (Å²) in [5.74, 6) is 0.754. The van der Waals surface area contributed by atoms with Crippen LogP contribution in [0.1, 0.15) is 20.3 Å². The fourth-order valence-corrected chi connectivity index (χ4v) is 6.34. The van der Waals surface area contributed by atoms with Gasteiger partial charge in [-0.2, -0.15) is 4.31 Å². The first-order valence-corrected chi connectivity index (χ1v) is 11.7. The van der Waals surface area contributed by atoms with Crippen LogP contribution < -0.4 is 0 Å². The zero-order valence-electron chi connectivity index (χ0n) is 15.9. The second kappa shape index (κ2) is 7.73. The predicted molar refractivity (Wildman–Crippen MR) is 112 cm³/mol. The lowest BCUT2D eigenvalue weighted by molar-refractivity contribution is 0.222. The van der Waals surface area contributed by atoms with Gasteiger partial charge in [-0.1, -0.05) is 26.0 Å². The Labute approximate surface area is 170 Å². The highest BCUT2D eigenvalue weighted by Crippen LogP contribution is 2.31. The van der Waals surface area contributed by atoms with E-state index in [0.717, 1.165) is 28.2 Å². The summed E-state index contributed by atoms with van der Waals surface area (Å²) in [4.78, 5) is 9.15. The molecule has 0 spiro atoms. The molecule has 0 amide bonds. The normalized spacial score (nSPS) is 20.9. The number of thiazole rings is 1. The standard InChI is InChI=1S/C21H23N3O2S2/c1-15-9-16(2)13-24(12-15)28(25,26)19-7-3-5-17(10-19)20-14-27-21(23-20)18-6-4-8-22-11-18/h3-8,10-11,14-16H,9,12-13H2,1-2H3/t15-,16-/m1/s1. The Morgan fingerprint density at radius 3 is 2.54 bits per heavy atom. The van der Waals surface area contributed by atoms with Crippen LogP contribution >= 0.6 is 11.3 Å². The first kappa shape index (κ1) is 19.2. The van der Waals surface area contributed by atoms with Crippen molar-refractivity contribution in [2.24, 2.45) is 11.8 Å². The lowest BCUT2D eigenvalue weighted by atomic mass is 9.94. The van der Waals surface area contributed by atoms with Crippen LogP contribution in [0.25, 0.3) is 21.8 Å². The zero-order valence-corrected chi connectivity index (χ0v) is 17.6. The number of hydrogen-bond donors (Lipinski definition) is 0. The van der Waals surface area contributed by atoms with Gasteiger partial charge in [-0.3, -0.25) is 4.98 Å². The Morgan fingerprint density at radius 1 is 1.07 bits per heavy atom. The molecule has 2 aromatic heterocycles. The SMILES string of the molecule is C[C@@H]1C[C@@H](C)CN(S(=O)(=O)c2cccc(-c3csc(-c4cccnc4)n3)c2)C1. The molecular formula is C21H23N3O2S2. The summed E-state index contributed by atoms with van der Waals surface area (Å²) < 4.78 is 28.0. The molecule has 4 rings (SSSR count). The van der Waals surface area contributed by atoms with E-state index in [0.29, 0.717) is 29.8 Å². The van der Waals surface area contributed by atoms with Crippen LogP contribution in [0.15, 0.2) is 59.1 Å². The Bertz CT molecular complexity index is 1050. The van der Waals surface area contributed by atoms with Crippen LogP contribution in [0, 0.1) is 11.8 Å². The van der Waals surface area contributed by atoms with Crippen molar-refractivity contribution in [2.75, 3.05) is 13.1 Å². The third kappa shape index (κ3) is 3.87. The van der Waals surface area contributed by atoms with Gasteiger partial charge in [-0.15, -0.1) is 11.3 Å². The second-order valence-corrected chi connectivity index (χ2v) is 10.4. The van der Waals surface area contributed by atoms with Crippen molar-refractivity contribution in [3.8, 4) is 21.8 Å². The molecule has 1 aromatic carbocycles. The molecule has 146 valence electrons. The van der Waals surface area contributed by atoms with Crippen molar-refractivity contribution < 1.29 is 8.42 Å². The van der Waals surface area contributed by atoms with Crippen molar-refractivity contribution in [3.05, 3.63) is 54.2 Å². The molecule has 3 heterocycles. The Morgan fingerprint density at radius 2 is 1.82 bits per heavy atom. The fraction of sp³-hybridized carbons (Fsp3) is 0.333. The monoisotopic (exact) mass is 413 g/mol. The molecule has 0 aliphatic carbocycles. The summed E-state index contributed by atoms with van der Waals surface area (Å²) in [6.07, 6.45) is 4.58. The number of aromatic nitrogens is 2. The van der Waals surface area contributed by atoms with Crippen molar-refractivity contribution in [1.82, 2.24) is 14.3 Å². The quantitative estimate of drug-likeness (QED) is 0.630. The van der Waals surface area contributed by atoms with E-state index in [-0.39, 0.29) is 0 Å². The van der Waals surface area contributed by atoms with Crippen LogP contribution in [-0.2, 0) is 10.0 Å². The van der Waals surface area contributed by atoms with E-state index in [9.17, 15) is 8.42 Å². The van der Waals surface area contributed by atoms with Crippen LogP contribution in [0.3, 0.4) is 0 Å². The highest BCUT2D eigenvalue weighted by atomic mass is 32.2. The molecule has 2 atom stereocenters. The minimum absolute atomic E-state index is 0.335. The van der Waals surface area contributed by atoms with E-state index < -0.39 is 10.0 Å². The average Bonchev–Trinajstić information content (AvgIpc) is 3.18. The number of pyridine rings is 1. The summed E-state index contributed by atoms with van der Waals surface area (Å²) in [6, 6.07) is 11.0. The molecule has 0 radical (unpaired) electrons. The maximum atomic E-state index is 13.2. The summed E-state index contributed by atoms with van der Waals surface area (Å²) in [5.41, 5.74) is 2.55. The lowest BCUT2D eigenvalue weighted by Gasteiger charge is -2.34. The summed E-state index contributed by atoms with van der Waals surface area (Å²) in [6.45, 7) is 5.39. The Kier molecular flexibility index (Phi) is 5.31. The molecule has 1 aliphatic heterocycles. The van der Waals surface area contributed by atoms with Crippen molar-refractivity contribution in [1.29, 1.82) is 0 Å². The van der Waals surface area contributed by atoms with Crippen molar-refractivity contribution in [2.45, 2.75) is 25.2 Å². The molecule has 28 heavy (non-hydrogen) atoms. The largest absolute Gasteiger partial charge is 0.264 e. The number of hydrogen-bond acceptors (Lipinski definition) is 5. The minimum Gasteiger partial charge on any atom is -0.264 e. The highest BCUT2D eigenvalue weighted by molar-refractivity contribution is 7.89. The zero-order chi connectivity index (χ0) is 19.7. The summed E-state index contributed by atoms with van der Waals surface area (Å²) in [7, 11) is -3.50. The number of rotatable bonds is 4. The average molecular weight is 414 g/mol. The maximum Gasteiger partial charge on any atom is 0.243 e. The molecule has 5 nitrogen and oxygen atoms in total. The summed E-state index contributed by atoms with van der Waals surface area (Å²) in [5, 5.41) is 2.83.